The first-order chi connectivity index (χ1) is 20.0. The van der Waals surface area contributed by atoms with Gasteiger partial charge in [-0.1, -0.05) is 79.1 Å². The van der Waals surface area contributed by atoms with Gasteiger partial charge >= 0.3 is 0 Å². The number of hydrogen-bond donors (Lipinski definition) is 4. The predicted octanol–water partition coefficient (Wildman–Crippen LogP) is 6.93. The number of aliphatic hydroxyl groups is 3. The van der Waals surface area contributed by atoms with Crippen LogP contribution in [0.2, 0.25) is 0 Å². The first kappa shape index (κ1) is 33.9. The van der Waals surface area contributed by atoms with Gasteiger partial charge in [0.1, 0.15) is 0 Å². The van der Waals surface area contributed by atoms with Gasteiger partial charge in [0.25, 0.3) is 0 Å². The van der Waals surface area contributed by atoms with Crippen LogP contribution in [0.25, 0.3) is 0 Å². The minimum atomic E-state index is -0.417. The van der Waals surface area contributed by atoms with Gasteiger partial charge in [0.2, 0.25) is 11.8 Å². The lowest BCUT2D eigenvalue weighted by molar-refractivity contribution is -0.207. The second-order valence-electron chi connectivity index (χ2n) is 15.6. The van der Waals surface area contributed by atoms with E-state index in [-0.39, 0.29) is 52.6 Å². The highest BCUT2D eigenvalue weighted by atomic mass is 16.3. The minimum Gasteiger partial charge on any atom is -0.393 e. The van der Waals surface area contributed by atoms with Crippen LogP contribution in [0.15, 0.2) is 0 Å². The van der Waals surface area contributed by atoms with E-state index in [1.807, 2.05) is 0 Å². The summed E-state index contributed by atoms with van der Waals surface area (Å²) in [5.74, 6) is 1.35. The molecule has 6 heteroatoms. The number of rotatable bonds is 14. The number of carbonyl (C=O) groups is 2. The van der Waals surface area contributed by atoms with Crippen LogP contribution >= 0.6 is 0 Å². The summed E-state index contributed by atoms with van der Waals surface area (Å²) in [5.41, 5.74) is -0.185. The van der Waals surface area contributed by atoms with Crippen LogP contribution in [-0.2, 0) is 9.59 Å². The van der Waals surface area contributed by atoms with E-state index in [4.69, 9.17) is 0 Å². The molecule has 4 N–H and O–H groups in total. The highest BCUT2D eigenvalue weighted by molar-refractivity contribution is 5.95. The van der Waals surface area contributed by atoms with E-state index in [9.17, 15) is 24.9 Å². The van der Waals surface area contributed by atoms with Crippen molar-refractivity contribution >= 4 is 11.8 Å². The Labute approximate surface area is 256 Å². The van der Waals surface area contributed by atoms with Gasteiger partial charge in [-0.15, -0.1) is 0 Å². The molecule has 0 aromatic heterocycles. The van der Waals surface area contributed by atoms with Gasteiger partial charge < -0.3 is 15.3 Å². The van der Waals surface area contributed by atoms with Crippen LogP contribution in [0.4, 0.5) is 0 Å². The maximum atomic E-state index is 12.7. The van der Waals surface area contributed by atoms with Crippen molar-refractivity contribution < 1.29 is 24.9 Å². The molecular formula is C36H63NO5. The Hall–Kier alpha value is -0.980. The van der Waals surface area contributed by atoms with Crippen molar-refractivity contribution in [3.63, 3.8) is 0 Å². The first-order valence-electron chi connectivity index (χ1n) is 17.9. The van der Waals surface area contributed by atoms with E-state index in [2.05, 4.69) is 33.0 Å². The third-order valence-corrected chi connectivity index (χ3v) is 13.1. The molecule has 0 aromatic rings. The molecule has 4 aliphatic carbocycles. The Morgan fingerprint density at radius 2 is 1.45 bits per heavy atom. The first-order valence-corrected chi connectivity index (χ1v) is 17.9. The van der Waals surface area contributed by atoms with Crippen molar-refractivity contribution in [2.45, 2.75) is 168 Å². The summed E-state index contributed by atoms with van der Waals surface area (Å²) in [6.07, 6.45) is 17.4. The van der Waals surface area contributed by atoms with Crippen LogP contribution < -0.4 is 5.32 Å². The predicted molar refractivity (Wildman–Crippen MR) is 167 cm³/mol. The number of fused-ring (bicyclic) bond motifs is 5. The van der Waals surface area contributed by atoms with Crippen molar-refractivity contribution in [2.24, 2.45) is 46.3 Å². The van der Waals surface area contributed by atoms with Crippen LogP contribution in [0, 0.1) is 46.3 Å². The zero-order chi connectivity index (χ0) is 30.5. The SMILES string of the molecule is CCCCCCCCCCCC(=O)NC(=O)CC[C@@H](C)[C@H]1CC[C@H]2[C@@H]3[C@H](O)C[C@@H]4C[C@H](O)CC[C@]4(C)[C@H]3C[C@H](O)[C@]12C. The summed E-state index contributed by atoms with van der Waals surface area (Å²) in [6.45, 7) is 9.07. The number of imide groups is 1. The number of nitrogens with one attached hydrogen (secondary N) is 1. The average Bonchev–Trinajstić information content (AvgIpc) is 3.30. The Balaban J connectivity index is 1.23. The maximum absolute atomic E-state index is 12.7. The fourth-order valence-electron chi connectivity index (χ4n) is 10.6. The second kappa shape index (κ2) is 14.9. The Kier molecular flexibility index (Phi) is 12.0. The lowest BCUT2D eigenvalue weighted by Gasteiger charge is -2.63. The monoisotopic (exact) mass is 589 g/mol. The van der Waals surface area contributed by atoms with E-state index in [0.29, 0.717) is 37.0 Å². The maximum Gasteiger partial charge on any atom is 0.226 e. The van der Waals surface area contributed by atoms with Gasteiger partial charge in [0, 0.05) is 12.8 Å². The van der Waals surface area contributed by atoms with Crippen LogP contribution in [0.5, 0.6) is 0 Å². The molecule has 0 aliphatic heterocycles. The van der Waals surface area contributed by atoms with Crippen LogP contribution in [0.1, 0.15) is 150 Å². The Bertz CT molecular complexity index is 894. The van der Waals surface area contributed by atoms with Gasteiger partial charge in [-0.25, -0.2) is 0 Å². The van der Waals surface area contributed by atoms with Crippen molar-refractivity contribution in [2.75, 3.05) is 0 Å². The van der Waals surface area contributed by atoms with E-state index < -0.39 is 6.10 Å². The second-order valence-corrected chi connectivity index (χ2v) is 15.6. The third kappa shape index (κ3) is 7.28. The fraction of sp³-hybridized carbons (Fsp3) is 0.944. The molecule has 6 nitrogen and oxygen atoms in total. The largest absolute Gasteiger partial charge is 0.393 e. The van der Waals surface area contributed by atoms with Crippen LogP contribution in [0.3, 0.4) is 0 Å². The highest BCUT2D eigenvalue weighted by Gasteiger charge is 2.65. The smallest absolute Gasteiger partial charge is 0.226 e. The normalized spacial score (nSPS) is 40.1. The Morgan fingerprint density at radius 3 is 2.14 bits per heavy atom. The molecule has 42 heavy (non-hydrogen) atoms. The molecule has 11 atom stereocenters. The van der Waals surface area contributed by atoms with Crippen molar-refractivity contribution in [1.82, 2.24) is 5.32 Å². The lowest BCUT2D eigenvalue weighted by Crippen LogP contribution is -2.62. The topological polar surface area (TPSA) is 107 Å². The summed E-state index contributed by atoms with van der Waals surface area (Å²) >= 11 is 0. The van der Waals surface area contributed by atoms with Crippen molar-refractivity contribution in [3.8, 4) is 0 Å². The molecule has 4 saturated carbocycles. The molecule has 4 aliphatic rings. The molecule has 0 saturated heterocycles. The van der Waals surface area contributed by atoms with Gasteiger partial charge in [-0.3, -0.25) is 14.9 Å². The standard InChI is InChI=1S/C36H63NO5/c1-5-6-7-8-9-10-11-12-13-14-32(41)37-33(42)18-15-24(2)27-16-17-28-34-29(23-31(40)36(27,28)4)35(3)20-19-26(38)21-25(35)22-30(34)39/h24-31,34,38-40H,5-23H2,1-4H3,(H,37,41,42)/t24-,25+,26-,27-,28+,29+,30-,31+,34+,35+,36-/m1/s1. The zero-order valence-electron chi connectivity index (χ0n) is 27.3. The molecule has 242 valence electrons. The molecular weight excluding hydrogens is 526 g/mol. The lowest BCUT2D eigenvalue weighted by atomic mass is 9.43. The zero-order valence-corrected chi connectivity index (χ0v) is 27.3. The minimum absolute atomic E-state index is 0.0774. The summed E-state index contributed by atoms with van der Waals surface area (Å²) in [5, 5.41) is 36.2. The molecule has 0 unspecified atom stereocenters. The van der Waals surface area contributed by atoms with Crippen molar-refractivity contribution in [1.29, 1.82) is 0 Å². The third-order valence-electron chi connectivity index (χ3n) is 13.1. The summed E-state index contributed by atoms with van der Waals surface area (Å²) < 4.78 is 0. The number of amides is 2. The van der Waals surface area contributed by atoms with E-state index in [1.165, 1.54) is 44.9 Å². The molecule has 4 fully saturated rings. The van der Waals surface area contributed by atoms with Gasteiger partial charge in [0.05, 0.1) is 18.3 Å². The molecule has 0 spiro atoms. The molecule has 0 aromatic carbocycles. The quantitative estimate of drug-likeness (QED) is 0.164. The van der Waals surface area contributed by atoms with Gasteiger partial charge in [-0.05, 0) is 104 Å². The number of hydrogen-bond acceptors (Lipinski definition) is 5. The molecule has 0 bridgehead atoms. The van der Waals surface area contributed by atoms with Gasteiger partial charge in [0.15, 0.2) is 0 Å². The highest BCUT2D eigenvalue weighted by Crippen LogP contribution is 2.68. The molecule has 4 rings (SSSR count). The van der Waals surface area contributed by atoms with Crippen LogP contribution in [-0.4, -0.2) is 45.4 Å². The number of unbranched alkanes of at least 4 members (excludes halogenated alkanes) is 8. The van der Waals surface area contributed by atoms with Crippen molar-refractivity contribution in [3.05, 3.63) is 0 Å². The van der Waals surface area contributed by atoms with E-state index in [1.54, 1.807) is 0 Å². The molecule has 2 amide bonds. The molecule has 0 radical (unpaired) electrons. The average molecular weight is 590 g/mol. The Morgan fingerprint density at radius 1 is 0.810 bits per heavy atom. The number of carbonyl (C=O) groups excluding carboxylic acids is 2. The summed E-state index contributed by atoms with van der Waals surface area (Å²) in [7, 11) is 0. The fourth-order valence-corrected chi connectivity index (χ4v) is 10.6. The van der Waals surface area contributed by atoms with Gasteiger partial charge in [-0.2, -0.15) is 0 Å². The summed E-state index contributed by atoms with van der Waals surface area (Å²) in [4.78, 5) is 25.0. The number of aliphatic hydroxyl groups excluding tert-OH is 3. The van der Waals surface area contributed by atoms with E-state index in [0.717, 1.165) is 57.8 Å². The summed E-state index contributed by atoms with van der Waals surface area (Å²) in [6, 6.07) is 0. The molecule has 0 heterocycles. The van der Waals surface area contributed by atoms with E-state index >= 15 is 0 Å².